The van der Waals surface area contributed by atoms with Crippen LogP contribution in [-0.4, -0.2) is 13.1 Å². The van der Waals surface area contributed by atoms with Gasteiger partial charge in [0, 0.05) is 25.2 Å². The third-order valence-electron chi connectivity index (χ3n) is 4.36. The number of benzene rings is 2. The van der Waals surface area contributed by atoms with Gasteiger partial charge in [-0.2, -0.15) is 0 Å². The second-order valence-electron chi connectivity index (χ2n) is 5.42. The van der Waals surface area contributed by atoms with E-state index in [1.54, 1.807) is 0 Å². The lowest BCUT2D eigenvalue weighted by Crippen LogP contribution is -2.21. The predicted molar refractivity (Wildman–Crippen MR) is 80.8 cm³/mol. The summed E-state index contributed by atoms with van der Waals surface area (Å²) in [6.07, 6.45) is 4.27. The van der Waals surface area contributed by atoms with Crippen LogP contribution in [0.1, 0.15) is 16.7 Å². The van der Waals surface area contributed by atoms with Gasteiger partial charge in [0.1, 0.15) is 0 Å². The minimum Gasteiger partial charge on any atom is -0.367 e. The van der Waals surface area contributed by atoms with Crippen molar-refractivity contribution in [1.82, 2.24) is 0 Å². The first-order chi connectivity index (χ1) is 9.38. The van der Waals surface area contributed by atoms with Gasteiger partial charge in [0.25, 0.3) is 0 Å². The second-order valence-corrected chi connectivity index (χ2v) is 5.42. The van der Waals surface area contributed by atoms with Crippen LogP contribution in [0.15, 0.2) is 49.1 Å². The van der Waals surface area contributed by atoms with Crippen molar-refractivity contribution in [3.8, 4) is 11.1 Å². The topological polar surface area (TPSA) is 3.24 Å². The number of fused-ring (bicyclic) bond motifs is 5. The molecule has 2 aliphatic rings. The van der Waals surface area contributed by atoms with Crippen LogP contribution in [0.4, 0.5) is 5.69 Å². The lowest BCUT2D eigenvalue weighted by molar-refractivity contribution is 0.901. The Labute approximate surface area is 114 Å². The van der Waals surface area contributed by atoms with Gasteiger partial charge in [0.2, 0.25) is 0 Å². The van der Waals surface area contributed by atoms with Crippen molar-refractivity contribution in [2.75, 3.05) is 18.0 Å². The van der Waals surface area contributed by atoms with Gasteiger partial charge in [-0.3, -0.25) is 0 Å². The molecule has 0 bridgehead atoms. The van der Waals surface area contributed by atoms with Crippen LogP contribution < -0.4 is 4.90 Å². The van der Waals surface area contributed by atoms with Crippen molar-refractivity contribution < 1.29 is 0 Å². The zero-order valence-electron chi connectivity index (χ0n) is 11.0. The minimum absolute atomic E-state index is 0.958. The molecule has 1 nitrogen and oxygen atoms in total. The Morgan fingerprint density at radius 3 is 2.84 bits per heavy atom. The molecular weight excluding hydrogens is 230 g/mol. The molecule has 0 unspecified atom stereocenters. The van der Waals surface area contributed by atoms with Crippen molar-refractivity contribution >= 4 is 5.69 Å². The van der Waals surface area contributed by atoms with Crippen molar-refractivity contribution in [2.24, 2.45) is 0 Å². The van der Waals surface area contributed by atoms with Crippen molar-refractivity contribution in [1.29, 1.82) is 0 Å². The van der Waals surface area contributed by atoms with Crippen LogP contribution in [0.3, 0.4) is 0 Å². The van der Waals surface area contributed by atoms with Gasteiger partial charge in [0.05, 0.1) is 0 Å². The molecule has 2 aromatic carbocycles. The summed E-state index contributed by atoms with van der Waals surface area (Å²) in [6.45, 7) is 5.98. The van der Waals surface area contributed by atoms with Crippen LogP contribution in [-0.2, 0) is 12.8 Å². The third-order valence-corrected chi connectivity index (χ3v) is 4.36. The summed E-state index contributed by atoms with van der Waals surface area (Å²) in [4.78, 5) is 2.48. The van der Waals surface area contributed by atoms with E-state index in [-0.39, 0.29) is 0 Å². The highest BCUT2D eigenvalue weighted by Crippen LogP contribution is 2.44. The number of hydrogen-bond donors (Lipinski definition) is 0. The highest BCUT2D eigenvalue weighted by Gasteiger charge is 2.28. The summed E-state index contributed by atoms with van der Waals surface area (Å²) < 4.78 is 0. The van der Waals surface area contributed by atoms with Crippen molar-refractivity contribution in [3.05, 3.63) is 65.7 Å². The maximum Gasteiger partial charge on any atom is 0.0444 e. The first kappa shape index (κ1) is 10.9. The molecule has 4 rings (SSSR count). The fourth-order valence-electron chi connectivity index (χ4n) is 3.55. The minimum atomic E-state index is 0.958. The molecule has 0 radical (unpaired) electrons. The molecular formula is C18H17N. The van der Waals surface area contributed by atoms with Crippen LogP contribution >= 0.6 is 0 Å². The number of hydrogen-bond acceptors (Lipinski definition) is 1. The summed E-state index contributed by atoms with van der Waals surface area (Å²) in [7, 11) is 0. The molecule has 1 aliphatic carbocycles. The highest BCUT2D eigenvalue weighted by molar-refractivity contribution is 5.84. The largest absolute Gasteiger partial charge is 0.367 e. The van der Waals surface area contributed by atoms with E-state index >= 15 is 0 Å². The van der Waals surface area contributed by atoms with Gasteiger partial charge < -0.3 is 4.90 Å². The Kier molecular flexibility index (Phi) is 2.28. The van der Waals surface area contributed by atoms with Crippen LogP contribution in [0.2, 0.25) is 0 Å². The molecule has 0 atom stereocenters. The van der Waals surface area contributed by atoms with E-state index in [9.17, 15) is 0 Å². The lowest BCUT2D eigenvalue weighted by Gasteiger charge is -2.20. The first-order valence-corrected chi connectivity index (χ1v) is 6.97. The van der Waals surface area contributed by atoms with E-state index in [0.29, 0.717) is 0 Å². The first-order valence-electron chi connectivity index (χ1n) is 6.97. The Bertz CT molecular complexity index is 669. The molecule has 0 amide bonds. The quantitative estimate of drug-likeness (QED) is 0.622. The summed E-state index contributed by atoms with van der Waals surface area (Å²) in [5.74, 6) is 0. The molecule has 19 heavy (non-hydrogen) atoms. The smallest absolute Gasteiger partial charge is 0.0444 e. The standard InChI is InChI=1S/C18H17N/c1-2-10-19-11-9-13-7-8-16-15-6-4-3-5-14(15)12-17(16)18(13)19/h2-8H,1,9-12H2. The molecule has 2 aromatic rings. The molecule has 0 saturated heterocycles. The molecule has 1 aliphatic heterocycles. The zero-order valence-corrected chi connectivity index (χ0v) is 11.0. The average Bonchev–Trinajstić information content (AvgIpc) is 3.00. The van der Waals surface area contributed by atoms with Gasteiger partial charge >= 0.3 is 0 Å². The molecule has 0 spiro atoms. The van der Waals surface area contributed by atoms with E-state index in [1.807, 2.05) is 6.08 Å². The fraction of sp³-hybridized carbons (Fsp3) is 0.222. The van der Waals surface area contributed by atoms with E-state index in [2.05, 4.69) is 47.9 Å². The summed E-state index contributed by atoms with van der Waals surface area (Å²) >= 11 is 0. The molecule has 0 fully saturated rings. The molecule has 0 saturated carbocycles. The van der Waals surface area contributed by atoms with Crippen molar-refractivity contribution in [3.63, 3.8) is 0 Å². The molecule has 1 heterocycles. The monoisotopic (exact) mass is 247 g/mol. The summed E-state index contributed by atoms with van der Waals surface area (Å²) in [5, 5.41) is 0. The normalized spacial score (nSPS) is 15.1. The molecule has 94 valence electrons. The van der Waals surface area contributed by atoms with Gasteiger partial charge in [-0.1, -0.05) is 42.5 Å². The summed E-state index contributed by atoms with van der Waals surface area (Å²) in [5.41, 5.74) is 8.84. The fourth-order valence-corrected chi connectivity index (χ4v) is 3.55. The average molecular weight is 247 g/mol. The summed E-state index contributed by atoms with van der Waals surface area (Å²) in [6, 6.07) is 13.4. The number of nitrogens with zero attached hydrogens (tertiary/aromatic N) is 1. The molecule has 0 N–H and O–H groups in total. The van der Waals surface area contributed by atoms with Gasteiger partial charge in [-0.25, -0.2) is 0 Å². The number of rotatable bonds is 2. The number of anilines is 1. The SMILES string of the molecule is C=CCN1CCc2ccc3c(c21)Cc1ccccc1-3. The van der Waals surface area contributed by atoms with E-state index in [4.69, 9.17) is 0 Å². The predicted octanol–water partition coefficient (Wildman–Crippen LogP) is 3.81. The maximum atomic E-state index is 3.89. The Balaban J connectivity index is 1.90. The lowest BCUT2D eigenvalue weighted by atomic mass is 10.0. The third kappa shape index (κ3) is 1.48. The Morgan fingerprint density at radius 2 is 1.95 bits per heavy atom. The van der Waals surface area contributed by atoms with E-state index in [1.165, 1.54) is 39.9 Å². The maximum absolute atomic E-state index is 3.89. The van der Waals surface area contributed by atoms with Gasteiger partial charge in [-0.05, 0) is 34.2 Å². The zero-order chi connectivity index (χ0) is 12.8. The van der Waals surface area contributed by atoms with Gasteiger partial charge in [-0.15, -0.1) is 6.58 Å². The van der Waals surface area contributed by atoms with Gasteiger partial charge in [0.15, 0.2) is 0 Å². The second kappa shape index (κ2) is 3.99. The van der Waals surface area contributed by atoms with Crippen LogP contribution in [0, 0.1) is 0 Å². The molecule has 1 heteroatoms. The highest BCUT2D eigenvalue weighted by atomic mass is 15.1. The molecule has 0 aromatic heterocycles. The van der Waals surface area contributed by atoms with Crippen molar-refractivity contribution in [2.45, 2.75) is 12.8 Å². The van der Waals surface area contributed by atoms with E-state index in [0.717, 1.165) is 19.5 Å². The van der Waals surface area contributed by atoms with Crippen LogP contribution in [0.5, 0.6) is 0 Å². The van der Waals surface area contributed by atoms with E-state index < -0.39 is 0 Å². The Hall–Kier alpha value is -2.02. The Morgan fingerprint density at radius 1 is 1.05 bits per heavy atom. The van der Waals surface area contributed by atoms with Crippen LogP contribution in [0.25, 0.3) is 11.1 Å².